The van der Waals surface area contributed by atoms with E-state index >= 15 is 0 Å². The van der Waals surface area contributed by atoms with Gasteiger partial charge in [0.1, 0.15) is 11.3 Å². The number of fused-ring (bicyclic) bond motifs is 2. The molecule has 2 aromatic heterocycles. The van der Waals surface area contributed by atoms with Gasteiger partial charge in [0.2, 0.25) is 0 Å². The van der Waals surface area contributed by atoms with Crippen LogP contribution in [0.4, 0.5) is 0 Å². The average Bonchev–Trinajstić information content (AvgIpc) is 3.03. The predicted molar refractivity (Wildman–Crippen MR) is 103 cm³/mol. The fourth-order valence-electron chi connectivity index (χ4n) is 3.05. The molecule has 0 radical (unpaired) electrons. The summed E-state index contributed by atoms with van der Waals surface area (Å²) in [7, 11) is 0. The third-order valence-corrected chi connectivity index (χ3v) is 4.70. The van der Waals surface area contributed by atoms with Crippen LogP contribution in [0.3, 0.4) is 0 Å². The van der Waals surface area contributed by atoms with Gasteiger partial charge in [0, 0.05) is 15.8 Å². The number of carbonyl (C=O) groups is 1. The Bertz CT molecular complexity index is 1160. The highest BCUT2D eigenvalue weighted by Gasteiger charge is 2.16. The largest absolute Gasteiger partial charge is 0.478 e. The summed E-state index contributed by atoms with van der Waals surface area (Å²) in [5.41, 5.74) is 3.08. The van der Waals surface area contributed by atoms with E-state index in [4.69, 9.17) is 16.0 Å². The lowest BCUT2D eigenvalue weighted by Gasteiger charge is -2.10. The summed E-state index contributed by atoms with van der Waals surface area (Å²) in [5, 5.41) is 11.8. The number of halogens is 1. The molecule has 130 valence electrons. The maximum atomic E-state index is 11.8. The molecule has 5 heteroatoms. The molecule has 0 aliphatic carbocycles. The molecule has 0 aliphatic rings. The third kappa shape index (κ3) is 2.82. The quantitative estimate of drug-likeness (QED) is 0.474. The van der Waals surface area contributed by atoms with Crippen molar-refractivity contribution in [3.63, 3.8) is 0 Å². The van der Waals surface area contributed by atoms with Crippen LogP contribution in [0.2, 0.25) is 5.02 Å². The van der Waals surface area contributed by atoms with E-state index in [-0.39, 0.29) is 5.56 Å². The summed E-state index contributed by atoms with van der Waals surface area (Å²) >= 11 is 6.02. The van der Waals surface area contributed by atoms with Gasteiger partial charge in [-0.3, -0.25) is 0 Å². The second kappa shape index (κ2) is 6.15. The number of hydrogen-bond donors (Lipinski definition) is 1. The fourth-order valence-corrected chi connectivity index (χ4v) is 3.23. The molecule has 0 spiro atoms. The van der Waals surface area contributed by atoms with Gasteiger partial charge in [0.15, 0.2) is 5.76 Å². The lowest BCUT2D eigenvalue weighted by molar-refractivity contribution is 0.0699. The Labute approximate surface area is 155 Å². The Morgan fingerprint density at radius 2 is 1.92 bits per heavy atom. The van der Waals surface area contributed by atoms with Crippen molar-refractivity contribution in [2.75, 3.05) is 0 Å². The van der Waals surface area contributed by atoms with Crippen molar-refractivity contribution in [2.45, 2.75) is 19.8 Å². The summed E-state index contributed by atoms with van der Waals surface area (Å²) in [5.74, 6) is -0.167. The zero-order valence-electron chi connectivity index (χ0n) is 14.3. The number of aromatic nitrogens is 1. The Balaban J connectivity index is 1.94. The van der Waals surface area contributed by atoms with Crippen LogP contribution in [-0.4, -0.2) is 16.1 Å². The van der Waals surface area contributed by atoms with Crippen molar-refractivity contribution in [1.29, 1.82) is 0 Å². The highest BCUT2D eigenvalue weighted by molar-refractivity contribution is 6.31. The molecule has 4 rings (SSSR count). The van der Waals surface area contributed by atoms with Crippen LogP contribution >= 0.6 is 11.6 Å². The van der Waals surface area contributed by atoms with Gasteiger partial charge in [0.05, 0.1) is 11.1 Å². The van der Waals surface area contributed by atoms with Crippen molar-refractivity contribution in [1.82, 2.24) is 4.98 Å². The highest BCUT2D eigenvalue weighted by atomic mass is 35.5. The van der Waals surface area contributed by atoms with E-state index in [2.05, 4.69) is 18.8 Å². The van der Waals surface area contributed by atoms with Gasteiger partial charge in [-0.2, -0.15) is 0 Å². The van der Waals surface area contributed by atoms with Crippen LogP contribution in [0.25, 0.3) is 33.3 Å². The Morgan fingerprint density at radius 1 is 1.12 bits per heavy atom. The van der Waals surface area contributed by atoms with Gasteiger partial charge >= 0.3 is 5.97 Å². The first-order chi connectivity index (χ1) is 12.4. The molecule has 1 N–H and O–H groups in total. The number of carboxylic acid groups (broad SMARTS) is 1. The number of furan rings is 1. The third-order valence-electron chi connectivity index (χ3n) is 4.46. The number of benzene rings is 2. The molecule has 0 unspecified atom stereocenters. The summed E-state index contributed by atoms with van der Waals surface area (Å²) in [6.07, 6.45) is 0. The predicted octanol–water partition coefficient (Wildman–Crippen LogP) is 6.12. The van der Waals surface area contributed by atoms with Gasteiger partial charge in [0.25, 0.3) is 0 Å². The summed E-state index contributed by atoms with van der Waals surface area (Å²) in [6.45, 7) is 4.14. The summed E-state index contributed by atoms with van der Waals surface area (Å²) in [6, 6.07) is 14.5. The van der Waals surface area contributed by atoms with Gasteiger partial charge in [-0.25, -0.2) is 9.78 Å². The smallest absolute Gasteiger partial charge is 0.336 e. The van der Waals surface area contributed by atoms with Crippen LogP contribution in [0.5, 0.6) is 0 Å². The SMILES string of the molecule is CC(C)c1ccc2nc(-c3cc4cc(Cl)ccc4o3)cc(C(=O)O)c2c1. The maximum absolute atomic E-state index is 11.8. The van der Waals surface area contributed by atoms with E-state index in [1.54, 1.807) is 24.3 Å². The highest BCUT2D eigenvalue weighted by Crippen LogP contribution is 2.32. The lowest BCUT2D eigenvalue weighted by atomic mass is 9.98. The summed E-state index contributed by atoms with van der Waals surface area (Å²) in [4.78, 5) is 16.4. The molecular weight excluding hydrogens is 350 g/mol. The van der Waals surface area contributed by atoms with E-state index in [0.29, 0.717) is 38.9 Å². The molecule has 0 saturated carbocycles. The van der Waals surface area contributed by atoms with E-state index in [9.17, 15) is 9.90 Å². The molecule has 4 nitrogen and oxygen atoms in total. The number of pyridine rings is 1. The first kappa shape index (κ1) is 16.6. The van der Waals surface area contributed by atoms with Gasteiger partial charge in [-0.05, 0) is 53.9 Å². The van der Waals surface area contributed by atoms with Crippen molar-refractivity contribution in [3.8, 4) is 11.5 Å². The molecule has 0 atom stereocenters. The Hall–Kier alpha value is -2.85. The van der Waals surface area contributed by atoms with Crippen LogP contribution in [-0.2, 0) is 0 Å². The molecule has 0 amide bonds. The number of carboxylic acids is 1. The van der Waals surface area contributed by atoms with Crippen molar-refractivity contribution < 1.29 is 14.3 Å². The van der Waals surface area contributed by atoms with E-state index in [0.717, 1.165) is 10.9 Å². The minimum absolute atomic E-state index is 0.214. The summed E-state index contributed by atoms with van der Waals surface area (Å²) < 4.78 is 5.84. The number of aromatic carboxylic acids is 1. The standard InChI is InChI=1S/C21H16ClNO3/c1-11(2)12-3-5-17-15(8-12)16(21(24)25)10-18(23-17)20-9-13-7-14(22)4-6-19(13)26-20/h3-11H,1-2H3,(H,24,25). The molecule has 0 aliphatic heterocycles. The Morgan fingerprint density at radius 3 is 2.65 bits per heavy atom. The minimum atomic E-state index is -0.987. The van der Waals surface area contributed by atoms with E-state index in [1.165, 1.54) is 0 Å². The van der Waals surface area contributed by atoms with E-state index < -0.39 is 5.97 Å². The van der Waals surface area contributed by atoms with Gasteiger partial charge < -0.3 is 9.52 Å². The van der Waals surface area contributed by atoms with Crippen molar-refractivity contribution in [3.05, 3.63) is 64.7 Å². The molecule has 2 heterocycles. The second-order valence-electron chi connectivity index (χ2n) is 6.58. The Kier molecular flexibility index (Phi) is 3.93. The topological polar surface area (TPSA) is 63.3 Å². The molecule has 0 saturated heterocycles. The normalized spacial score (nSPS) is 11.5. The van der Waals surface area contributed by atoms with Crippen molar-refractivity contribution in [2.24, 2.45) is 0 Å². The van der Waals surface area contributed by atoms with Crippen molar-refractivity contribution >= 4 is 39.4 Å². The van der Waals surface area contributed by atoms with E-state index in [1.807, 2.05) is 24.3 Å². The molecular formula is C21H16ClNO3. The van der Waals surface area contributed by atoms with Crippen LogP contribution in [0.15, 0.2) is 52.9 Å². The first-order valence-corrected chi connectivity index (χ1v) is 8.67. The molecule has 4 aromatic rings. The van der Waals surface area contributed by atoms with Crippen LogP contribution < -0.4 is 0 Å². The van der Waals surface area contributed by atoms with Gasteiger partial charge in [-0.1, -0.05) is 31.5 Å². The number of rotatable bonds is 3. The maximum Gasteiger partial charge on any atom is 0.336 e. The molecule has 2 aromatic carbocycles. The number of nitrogens with zero attached hydrogens (tertiary/aromatic N) is 1. The zero-order valence-corrected chi connectivity index (χ0v) is 15.0. The monoisotopic (exact) mass is 365 g/mol. The minimum Gasteiger partial charge on any atom is -0.478 e. The second-order valence-corrected chi connectivity index (χ2v) is 7.02. The molecule has 26 heavy (non-hydrogen) atoms. The average molecular weight is 366 g/mol. The van der Waals surface area contributed by atoms with Gasteiger partial charge in [-0.15, -0.1) is 0 Å². The zero-order chi connectivity index (χ0) is 18.4. The number of hydrogen-bond acceptors (Lipinski definition) is 3. The molecule has 0 fully saturated rings. The lowest BCUT2D eigenvalue weighted by Crippen LogP contribution is -2.01. The molecule has 0 bridgehead atoms. The van der Waals surface area contributed by atoms with Crippen LogP contribution in [0, 0.1) is 0 Å². The van der Waals surface area contributed by atoms with Crippen LogP contribution in [0.1, 0.15) is 35.7 Å². The fraction of sp³-hybridized carbons (Fsp3) is 0.143. The first-order valence-electron chi connectivity index (χ1n) is 8.30.